The van der Waals surface area contributed by atoms with Crippen LogP contribution >= 0.6 is 0 Å². The number of H-pyrrole nitrogens is 2. The van der Waals surface area contributed by atoms with E-state index in [0.717, 1.165) is 94.8 Å². The number of amides is 1. The van der Waals surface area contributed by atoms with Gasteiger partial charge in [0.05, 0.1) is 11.0 Å². The molecule has 7 nitrogen and oxygen atoms in total. The van der Waals surface area contributed by atoms with Crippen molar-refractivity contribution in [2.75, 3.05) is 0 Å². The fourth-order valence-electron chi connectivity index (χ4n) is 6.63. The molecule has 7 heteroatoms. The molecule has 0 bridgehead atoms. The Morgan fingerprint density at radius 2 is 1.90 bits per heavy atom. The average molecular weight is 553 g/mol. The molecule has 4 aromatic rings. The lowest BCUT2D eigenvalue weighted by atomic mass is 9.96. The normalized spacial score (nSPS) is 22.8. The Bertz CT molecular complexity index is 1960. The van der Waals surface area contributed by atoms with Crippen molar-refractivity contribution >= 4 is 29.1 Å². The monoisotopic (exact) mass is 552 g/mol. The molecule has 0 aliphatic heterocycles. The topological polar surface area (TPSA) is 99.3 Å². The number of allylic oxidation sites excluding steroid dienone is 7. The molecule has 4 aliphatic rings. The summed E-state index contributed by atoms with van der Waals surface area (Å²) < 4.78 is 0. The number of rotatable bonds is 5. The van der Waals surface area contributed by atoms with Crippen LogP contribution in [0.25, 0.3) is 45.7 Å². The van der Waals surface area contributed by atoms with Gasteiger partial charge < -0.3 is 10.3 Å². The van der Waals surface area contributed by atoms with Crippen molar-refractivity contribution in [3.63, 3.8) is 0 Å². The molecule has 3 N–H and O–H groups in total. The minimum Gasteiger partial charge on any atom is -0.338 e. The SMILES string of the molecule is O=C(NC1=CC(/C2=C/C=c3/[nH]nc(-c4cc5c(-c6ccncc6)ccnc5[nH]4)/c3=C\CC2)=CC2CC2=C1)C1CCCC1. The Balaban J connectivity index is 1.11. The number of nitrogens with one attached hydrogen (secondary N) is 3. The predicted molar refractivity (Wildman–Crippen MR) is 165 cm³/mol. The van der Waals surface area contributed by atoms with Gasteiger partial charge in [0, 0.05) is 46.7 Å². The molecular weight excluding hydrogens is 520 g/mol. The van der Waals surface area contributed by atoms with Gasteiger partial charge in [0.25, 0.3) is 0 Å². The van der Waals surface area contributed by atoms with Gasteiger partial charge in [0.1, 0.15) is 11.3 Å². The van der Waals surface area contributed by atoms with Crippen molar-refractivity contribution in [3.8, 4) is 22.5 Å². The van der Waals surface area contributed by atoms with Crippen molar-refractivity contribution in [1.29, 1.82) is 0 Å². The summed E-state index contributed by atoms with van der Waals surface area (Å²) in [5.74, 6) is 0.812. The van der Waals surface area contributed by atoms with Crippen molar-refractivity contribution in [1.82, 2.24) is 30.5 Å². The van der Waals surface area contributed by atoms with Crippen molar-refractivity contribution < 1.29 is 4.79 Å². The number of carbonyl (C=O) groups excluding carboxylic acids is 1. The molecule has 2 fully saturated rings. The highest BCUT2D eigenvalue weighted by atomic mass is 16.1. The Morgan fingerprint density at radius 3 is 2.79 bits per heavy atom. The van der Waals surface area contributed by atoms with Crippen LogP contribution in [0.4, 0.5) is 0 Å². The highest BCUT2D eigenvalue weighted by Gasteiger charge is 2.31. The molecule has 0 saturated heterocycles. The summed E-state index contributed by atoms with van der Waals surface area (Å²) in [7, 11) is 0. The van der Waals surface area contributed by atoms with Gasteiger partial charge in [-0.15, -0.1) is 0 Å². The van der Waals surface area contributed by atoms with E-state index in [0.29, 0.717) is 5.92 Å². The molecule has 1 amide bonds. The first-order chi connectivity index (χ1) is 20.7. The second-order valence-corrected chi connectivity index (χ2v) is 11.8. The average Bonchev–Trinajstić information content (AvgIpc) is 3.35. The summed E-state index contributed by atoms with van der Waals surface area (Å²) in [5.41, 5.74) is 9.72. The quantitative estimate of drug-likeness (QED) is 0.310. The zero-order valence-corrected chi connectivity index (χ0v) is 23.4. The molecule has 42 heavy (non-hydrogen) atoms. The van der Waals surface area contributed by atoms with E-state index >= 15 is 0 Å². The summed E-state index contributed by atoms with van der Waals surface area (Å²) in [6.45, 7) is 0. The van der Waals surface area contributed by atoms with Gasteiger partial charge in [0.2, 0.25) is 5.91 Å². The van der Waals surface area contributed by atoms with E-state index in [1.54, 1.807) is 0 Å². The van der Waals surface area contributed by atoms with E-state index < -0.39 is 0 Å². The summed E-state index contributed by atoms with van der Waals surface area (Å²) in [6, 6.07) is 8.22. The molecule has 2 saturated carbocycles. The summed E-state index contributed by atoms with van der Waals surface area (Å²) >= 11 is 0. The van der Waals surface area contributed by atoms with Gasteiger partial charge in [-0.2, -0.15) is 5.10 Å². The molecule has 0 aromatic carbocycles. The number of aromatic amines is 2. The minimum absolute atomic E-state index is 0.154. The van der Waals surface area contributed by atoms with E-state index in [4.69, 9.17) is 5.10 Å². The molecule has 8 rings (SSSR count). The van der Waals surface area contributed by atoms with E-state index in [1.807, 2.05) is 36.8 Å². The van der Waals surface area contributed by atoms with E-state index in [9.17, 15) is 4.79 Å². The molecule has 4 aromatic heterocycles. The smallest absolute Gasteiger partial charge is 0.227 e. The van der Waals surface area contributed by atoms with Gasteiger partial charge in [-0.05, 0) is 96.9 Å². The molecule has 1 atom stereocenters. The van der Waals surface area contributed by atoms with Gasteiger partial charge in [-0.3, -0.25) is 14.9 Å². The molecule has 4 heterocycles. The standard InChI is InChI=1S/C35H32N6O/c42-35(23-4-1-2-5-23)38-27-18-25(16-24-17-26(24)19-27)21-6-3-7-29-31(9-8-21)40-41-33(29)32-20-30-28(12-15-37-34(30)39-32)22-10-13-36-14-11-22/h7-16,18-20,23-24,40H,1-6,17H2,(H,37,39)(H,38,42)/b21-8+,29-7-,31-9+. The first kappa shape index (κ1) is 25.0. The van der Waals surface area contributed by atoms with Crippen LogP contribution in [0.15, 0.2) is 89.6 Å². The van der Waals surface area contributed by atoms with E-state index in [-0.39, 0.29) is 11.8 Å². The number of fused-ring (bicyclic) bond motifs is 3. The summed E-state index contributed by atoms with van der Waals surface area (Å²) in [4.78, 5) is 25.1. The molecule has 208 valence electrons. The van der Waals surface area contributed by atoms with Crippen LogP contribution in [0.3, 0.4) is 0 Å². The van der Waals surface area contributed by atoms with Gasteiger partial charge in [-0.1, -0.05) is 36.6 Å². The van der Waals surface area contributed by atoms with Crippen LogP contribution < -0.4 is 15.9 Å². The number of carbonyl (C=O) groups is 1. The Labute approximate surface area is 243 Å². The van der Waals surface area contributed by atoms with Crippen LogP contribution in [0.5, 0.6) is 0 Å². The molecule has 0 spiro atoms. The lowest BCUT2D eigenvalue weighted by Crippen LogP contribution is -2.28. The molecular formula is C35H32N6O. The van der Waals surface area contributed by atoms with Gasteiger partial charge in [-0.25, -0.2) is 4.98 Å². The van der Waals surface area contributed by atoms with Crippen LogP contribution in [-0.2, 0) is 4.79 Å². The van der Waals surface area contributed by atoms with E-state index in [2.05, 4.69) is 67.9 Å². The summed E-state index contributed by atoms with van der Waals surface area (Å²) in [5, 5.41) is 14.4. The highest BCUT2D eigenvalue weighted by Crippen LogP contribution is 2.43. The maximum absolute atomic E-state index is 12.9. The zero-order chi connectivity index (χ0) is 28.0. The Kier molecular flexibility index (Phi) is 6.09. The first-order valence-electron chi connectivity index (χ1n) is 15.0. The molecule has 4 aliphatic carbocycles. The Hall–Kier alpha value is -4.78. The van der Waals surface area contributed by atoms with E-state index in [1.165, 1.54) is 16.7 Å². The first-order valence-corrected chi connectivity index (χ1v) is 15.0. The third-order valence-corrected chi connectivity index (χ3v) is 8.99. The molecule has 0 radical (unpaired) electrons. The fourth-order valence-corrected chi connectivity index (χ4v) is 6.63. The third kappa shape index (κ3) is 4.65. The minimum atomic E-state index is 0.154. The molecule has 1 unspecified atom stereocenters. The predicted octanol–water partition coefficient (Wildman–Crippen LogP) is 5.37. The number of hydrogen-bond donors (Lipinski definition) is 3. The van der Waals surface area contributed by atoms with Gasteiger partial charge >= 0.3 is 0 Å². The number of pyridine rings is 2. The Morgan fingerprint density at radius 1 is 1.02 bits per heavy atom. The van der Waals surface area contributed by atoms with Crippen LogP contribution in [0.1, 0.15) is 44.9 Å². The third-order valence-electron chi connectivity index (χ3n) is 8.99. The number of nitrogens with zero attached hydrogens (tertiary/aromatic N) is 3. The van der Waals surface area contributed by atoms with Gasteiger partial charge in [0.15, 0.2) is 0 Å². The number of hydrogen-bond acceptors (Lipinski definition) is 4. The van der Waals surface area contributed by atoms with Crippen molar-refractivity contribution in [3.05, 3.63) is 100 Å². The highest BCUT2D eigenvalue weighted by molar-refractivity contribution is 5.95. The number of aromatic nitrogens is 5. The van der Waals surface area contributed by atoms with Crippen molar-refractivity contribution in [2.45, 2.75) is 44.9 Å². The summed E-state index contributed by atoms with van der Waals surface area (Å²) in [6.07, 6.45) is 26.0. The maximum Gasteiger partial charge on any atom is 0.227 e. The second-order valence-electron chi connectivity index (χ2n) is 11.8. The van der Waals surface area contributed by atoms with Crippen LogP contribution in [0.2, 0.25) is 0 Å². The zero-order valence-electron chi connectivity index (χ0n) is 23.4. The fraction of sp³-hybridized carbons (Fsp3) is 0.257. The lowest BCUT2D eigenvalue weighted by Gasteiger charge is -2.13. The lowest BCUT2D eigenvalue weighted by molar-refractivity contribution is -0.123. The van der Waals surface area contributed by atoms with Crippen molar-refractivity contribution in [2.24, 2.45) is 11.8 Å². The largest absolute Gasteiger partial charge is 0.338 e. The second kappa shape index (κ2) is 10.2. The van der Waals surface area contributed by atoms with Crippen LogP contribution in [-0.4, -0.2) is 31.1 Å². The van der Waals surface area contributed by atoms with Crippen LogP contribution in [0, 0.1) is 11.8 Å². The maximum atomic E-state index is 12.9.